The van der Waals surface area contributed by atoms with Gasteiger partial charge in [-0.3, -0.25) is 0 Å². The molecule has 0 heterocycles. The third kappa shape index (κ3) is 9.03. The third-order valence-corrected chi connectivity index (χ3v) is 0. The van der Waals surface area contributed by atoms with Crippen molar-refractivity contribution in [1.82, 2.24) is 0 Å². The molecular formula is HF2NaY. The van der Waals surface area contributed by atoms with Gasteiger partial charge in [-0.2, -0.15) is 0 Å². The standard InChI is InChI=1S/2FH.Na.Y.H/h2*1H;;;/q;;;+2;/p-2. The predicted octanol–water partition coefficient (Wildman–Crippen LogP) is 0.189. The van der Waals surface area contributed by atoms with Crippen LogP contribution in [0.2, 0.25) is 0 Å². The summed E-state index contributed by atoms with van der Waals surface area (Å²) in [6.45, 7) is 0. The van der Waals surface area contributed by atoms with Crippen LogP contribution in [0.25, 0.3) is 0 Å². The Morgan fingerprint density at radius 1 is 1.25 bits per heavy atom. The fraction of sp³-hybridized carbons (Fsp3) is 0. The molecule has 0 atom stereocenters. The minimum atomic E-state index is -2.89. The second-order valence-corrected chi connectivity index (χ2v) is 0.488. The van der Waals surface area contributed by atoms with E-state index in [1.165, 1.54) is 0 Å². The van der Waals surface area contributed by atoms with Crippen molar-refractivity contribution in [1.29, 1.82) is 0 Å². The summed E-state index contributed by atoms with van der Waals surface area (Å²) in [7, 11) is 0. The van der Waals surface area contributed by atoms with Crippen molar-refractivity contribution in [3.8, 4) is 0 Å². The van der Waals surface area contributed by atoms with E-state index < -0.39 is 30.6 Å². The molecule has 0 aliphatic rings. The van der Waals surface area contributed by atoms with Crippen molar-refractivity contribution in [2.45, 2.75) is 0 Å². The number of hydrogen-bond donors (Lipinski definition) is 0. The summed E-state index contributed by atoms with van der Waals surface area (Å²) in [5.41, 5.74) is 0. The van der Waals surface area contributed by atoms with E-state index in [1.807, 2.05) is 0 Å². The molecule has 0 aromatic heterocycles. The SMILES string of the molecule is [F][Y][F].[NaH]. The Hall–Kier alpha value is 1.96. The van der Waals surface area contributed by atoms with Gasteiger partial charge in [0.05, 0.1) is 0 Å². The van der Waals surface area contributed by atoms with Crippen LogP contribution in [-0.4, -0.2) is 29.6 Å². The summed E-state index contributed by atoms with van der Waals surface area (Å²) in [6, 6.07) is 0. The average molecular weight is 151 g/mol. The molecule has 0 bridgehead atoms. The second kappa shape index (κ2) is 8.88. The Kier molecular flexibility index (Phi) is 20.8. The van der Waals surface area contributed by atoms with Crippen LogP contribution < -0.4 is 0 Å². The van der Waals surface area contributed by atoms with E-state index in [9.17, 15) is 3.85 Å². The Morgan fingerprint density at radius 2 is 1.25 bits per heavy atom. The van der Waals surface area contributed by atoms with Crippen LogP contribution in [0.4, 0.5) is 3.85 Å². The van der Waals surface area contributed by atoms with Crippen molar-refractivity contribution in [3.63, 3.8) is 0 Å². The van der Waals surface area contributed by atoms with Crippen LogP contribution in [0.5, 0.6) is 0 Å². The summed E-state index contributed by atoms with van der Waals surface area (Å²) in [5, 5.41) is 0. The van der Waals surface area contributed by atoms with E-state index in [0.29, 0.717) is 0 Å². The molecule has 0 aromatic rings. The van der Waals surface area contributed by atoms with Gasteiger partial charge in [-0.1, -0.05) is 0 Å². The van der Waals surface area contributed by atoms with Crippen LogP contribution in [-0.2, 0) is 30.6 Å². The second-order valence-electron chi connectivity index (χ2n) is 0.0825. The van der Waals surface area contributed by atoms with Gasteiger partial charge in [-0.15, -0.1) is 0 Å². The Balaban J connectivity index is 0. The van der Waals surface area contributed by atoms with Crippen molar-refractivity contribution in [2.24, 2.45) is 0 Å². The monoisotopic (exact) mass is 151 g/mol. The van der Waals surface area contributed by atoms with Gasteiger partial charge in [0.25, 0.3) is 0 Å². The molecule has 0 spiro atoms. The van der Waals surface area contributed by atoms with Gasteiger partial charge in [0, 0.05) is 0 Å². The maximum atomic E-state index is 9.82. The molecule has 0 saturated heterocycles. The van der Waals surface area contributed by atoms with Crippen LogP contribution in [0, 0.1) is 0 Å². The van der Waals surface area contributed by atoms with Crippen LogP contribution in [0.3, 0.4) is 0 Å². The first-order valence-corrected chi connectivity index (χ1v) is 2.58. The van der Waals surface area contributed by atoms with E-state index in [2.05, 4.69) is 0 Å². The van der Waals surface area contributed by atoms with Gasteiger partial charge in [-0.25, -0.2) is 0 Å². The molecule has 0 nitrogen and oxygen atoms in total. The number of rotatable bonds is 0. The Labute approximate surface area is 63.0 Å². The van der Waals surface area contributed by atoms with Crippen molar-refractivity contribution >= 4 is 29.6 Å². The molecule has 0 amide bonds. The first kappa shape index (κ1) is 9.35. The quantitative estimate of drug-likeness (QED) is 0.433. The van der Waals surface area contributed by atoms with Crippen molar-refractivity contribution in [3.05, 3.63) is 0 Å². The van der Waals surface area contributed by atoms with Gasteiger partial charge in [0.2, 0.25) is 0 Å². The van der Waals surface area contributed by atoms with Gasteiger partial charge in [-0.05, 0) is 0 Å². The van der Waals surface area contributed by atoms with Gasteiger partial charge in [0.15, 0.2) is 0 Å². The zero-order valence-corrected chi connectivity index (χ0v) is 4.17. The molecule has 19 valence electrons. The molecule has 0 rings (SSSR count). The first-order valence-electron chi connectivity index (χ1n) is 0.436. The van der Waals surface area contributed by atoms with E-state index >= 15 is 0 Å². The molecule has 4 heteroatoms. The maximum absolute atomic E-state index is 9.82. The molecule has 0 aromatic carbocycles. The molecular weight excluding hydrogens is 150 g/mol. The number of halogens is 2. The zero-order chi connectivity index (χ0) is 2.71. The fourth-order valence-electron chi connectivity index (χ4n) is 0. The van der Waals surface area contributed by atoms with Crippen LogP contribution in [0.15, 0.2) is 0 Å². The van der Waals surface area contributed by atoms with Crippen LogP contribution >= 0.6 is 0 Å². The summed E-state index contributed by atoms with van der Waals surface area (Å²) in [6.07, 6.45) is 0. The summed E-state index contributed by atoms with van der Waals surface area (Å²) >= 11 is -2.89. The topological polar surface area (TPSA) is 0 Å². The molecule has 0 aliphatic carbocycles. The normalized spacial score (nSPS) is 2.50. The molecule has 0 unspecified atom stereocenters. The third-order valence-electron chi connectivity index (χ3n) is 0. The molecule has 0 radical (unpaired) electrons. The van der Waals surface area contributed by atoms with E-state index in [1.54, 1.807) is 0 Å². The van der Waals surface area contributed by atoms with Gasteiger partial charge < -0.3 is 0 Å². The van der Waals surface area contributed by atoms with Gasteiger partial charge >= 0.3 is 64.0 Å². The Morgan fingerprint density at radius 3 is 1.25 bits per heavy atom. The predicted molar refractivity (Wildman–Crippen MR) is 9.37 cm³/mol. The van der Waals surface area contributed by atoms with Crippen LogP contribution in [0.1, 0.15) is 0 Å². The van der Waals surface area contributed by atoms with E-state index in [0.717, 1.165) is 0 Å². The van der Waals surface area contributed by atoms with E-state index in [-0.39, 0.29) is 29.6 Å². The average Bonchev–Trinajstić information content (AvgIpc) is 0.918. The Bertz CT molecular complexity index is 6.00. The molecule has 4 heavy (non-hydrogen) atoms. The fourth-order valence-corrected chi connectivity index (χ4v) is 0. The zero-order valence-electron chi connectivity index (χ0n) is 1.33. The molecule has 0 aliphatic heterocycles. The summed E-state index contributed by atoms with van der Waals surface area (Å²) in [4.78, 5) is 0. The summed E-state index contributed by atoms with van der Waals surface area (Å²) < 4.78 is 19.6. The van der Waals surface area contributed by atoms with Crippen molar-refractivity contribution in [2.75, 3.05) is 0 Å². The minimum absolute atomic E-state index is 0. The molecule has 0 N–H and O–H groups in total. The van der Waals surface area contributed by atoms with Crippen molar-refractivity contribution < 1.29 is 34.5 Å². The first-order chi connectivity index (χ1) is 1.41. The summed E-state index contributed by atoms with van der Waals surface area (Å²) in [5.74, 6) is 0. The molecule has 0 fully saturated rings. The molecule has 0 saturated carbocycles. The van der Waals surface area contributed by atoms with E-state index in [4.69, 9.17) is 0 Å². The number of hydrogen-bond acceptors (Lipinski definition) is 0. The van der Waals surface area contributed by atoms with Gasteiger partial charge in [0.1, 0.15) is 0 Å².